The van der Waals surface area contributed by atoms with E-state index in [-0.39, 0.29) is 81.4 Å². The van der Waals surface area contributed by atoms with Crippen LogP contribution in [-0.2, 0) is 32.5 Å². The summed E-state index contributed by atoms with van der Waals surface area (Å²) in [6.45, 7) is 37.3. The first kappa shape index (κ1) is 39.7. The molecule has 2 heterocycles. The molecule has 2 aliphatic rings. The van der Waals surface area contributed by atoms with Crippen molar-refractivity contribution in [3.8, 4) is 0 Å². The van der Waals surface area contributed by atoms with Gasteiger partial charge in [-0.1, -0.05) is 197 Å². The van der Waals surface area contributed by atoms with Gasteiger partial charge in [-0.25, -0.2) is 0 Å². The number of rotatable bonds is 5. The first-order chi connectivity index (χ1) is 35.8. The van der Waals surface area contributed by atoms with Gasteiger partial charge in [-0.15, -0.1) is 0 Å². The molecule has 0 bridgehead atoms. The van der Waals surface area contributed by atoms with Gasteiger partial charge in [0.05, 0.1) is 16.7 Å². The lowest BCUT2D eigenvalue weighted by Gasteiger charge is -2.45. The molecule has 2 aliphatic heterocycles. The predicted molar refractivity (Wildman–Crippen MR) is 307 cm³/mol. The Morgan fingerprint density at radius 2 is 0.629 bits per heavy atom. The molecule has 7 aromatic rings. The average Bonchev–Trinajstić information content (AvgIpc) is 3.39. The lowest BCUT2D eigenvalue weighted by atomic mass is 9.33. The van der Waals surface area contributed by atoms with Gasteiger partial charge in [-0.2, -0.15) is 0 Å². The molecule has 0 spiro atoms. The Morgan fingerprint density at radius 3 is 0.929 bits per heavy atom. The number of benzene rings is 7. The van der Waals surface area contributed by atoms with E-state index in [9.17, 15) is 11.0 Å². The number of anilines is 9. The van der Waals surface area contributed by atoms with Gasteiger partial charge in [-0.05, 0) is 155 Å². The van der Waals surface area contributed by atoms with Crippen LogP contribution in [0.2, 0.25) is 0 Å². The highest BCUT2D eigenvalue weighted by molar-refractivity contribution is 7.00. The van der Waals surface area contributed by atoms with Crippen molar-refractivity contribution in [3.05, 3.63) is 179 Å². The van der Waals surface area contributed by atoms with Crippen LogP contribution in [0, 0.1) is 0 Å². The summed E-state index contributed by atoms with van der Waals surface area (Å²) in [4.78, 5) is 6.07. The van der Waals surface area contributed by atoms with Crippen LogP contribution in [0.1, 0.15) is 169 Å². The van der Waals surface area contributed by atoms with Crippen molar-refractivity contribution in [2.45, 2.75) is 157 Å². The smallest absolute Gasteiger partial charge is 0.252 e. The number of hydrogen-bond donors (Lipinski definition) is 0. The Bertz CT molecular complexity index is 3270. The van der Waals surface area contributed by atoms with Crippen molar-refractivity contribution in [1.29, 1.82) is 0 Å². The fourth-order valence-electron chi connectivity index (χ4n) is 9.79. The molecule has 9 rings (SSSR count). The SMILES string of the molecule is [2H]c1c([2H])c(C(C)(C)C)c([2H])c([2H])c1N1c2ccc(C(C)(C)C)cc2B2c3cc(C(C)(C)C)ccc3N(c3c([2H])c([2H])c(C(C)(C)C)c([2H])c3[2H])c3cc(N(c4ccc(C(C)(C)C)cc4)c4ccc(C(C)(C)C)cc4)cc1c32. The van der Waals surface area contributed by atoms with Crippen LogP contribution in [0.4, 0.5) is 51.2 Å². The maximum absolute atomic E-state index is 10.0. The molecule has 0 amide bonds. The highest BCUT2D eigenvalue weighted by Crippen LogP contribution is 2.49. The third-order valence-electron chi connectivity index (χ3n) is 14.2. The molecular formula is C66H78BN3. The molecule has 0 saturated carbocycles. The summed E-state index contributed by atoms with van der Waals surface area (Å²) >= 11 is 0. The van der Waals surface area contributed by atoms with Crippen LogP contribution in [0.3, 0.4) is 0 Å². The second-order valence-electron chi connectivity index (χ2n) is 25.9. The van der Waals surface area contributed by atoms with E-state index in [1.165, 1.54) is 0 Å². The molecule has 4 heteroatoms. The molecule has 3 nitrogen and oxygen atoms in total. The van der Waals surface area contributed by atoms with Gasteiger partial charge in [0.25, 0.3) is 6.71 Å². The van der Waals surface area contributed by atoms with E-state index in [2.05, 4.69) is 185 Å². The third kappa shape index (κ3) is 9.01. The fourth-order valence-corrected chi connectivity index (χ4v) is 9.79. The molecule has 0 aliphatic carbocycles. The molecule has 7 aromatic carbocycles. The van der Waals surface area contributed by atoms with Crippen LogP contribution in [-0.4, -0.2) is 6.71 Å². The predicted octanol–water partition coefficient (Wildman–Crippen LogP) is 17.0. The quantitative estimate of drug-likeness (QED) is 0.159. The van der Waals surface area contributed by atoms with E-state index < -0.39 is 17.5 Å². The molecule has 360 valence electrons. The summed E-state index contributed by atoms with van der Waals surface area (Å²) in [6.07, 6.45) is 0. The van der Waals surface area contributed by atoms with Crippen LogP contribution < -0.4 is 31.1 Å². The summed E-state index contributed by atoms with van der Waals surface area (Å²) < 4.78 is 78.9. The van der Waals surface area contributed by atoms with E-state index >= 15 is 0 Å². The first-order valence-corrected chi connectivity index (χ1v) is 25.2. The number of nitrogens with zero attached hydrogens (tertiary/aromatic N) is 3. The summed E-state index contributed by atoms with van der Waals surface area (Å²) in [7, 11) is 0. The highest BCUT2D eigenvalue weighted by atomic mass is 15.2. The maximum Gasteiger partial charge on any atom is 0.252 e. The lowest BCUT2D eigenvalue weighted by Crippen LogP contribution is -2.61. The summed E-state index contributed by atoms with van der Waals surface area (Å²) in [6, 6.07) is 33.2. The lowest BCUT2D eigenvalue weighted by molar-refractivity contribution is 0.590. The van der Waals surface area contributed by atoms with Crippen LogP contribution >= 0.6 is 0 Å². The zero-order valence-electron chi connectivity index (χ0n) is 53.2. The Labute approximate surface area is 434 Å². The Morgan fingerprint density at radius 1 is 0.329 bits per heavy atom. The molecule has 0 fully saturated rings. The minimum Gasteiger partial charge on any atom is -0.311 e. The van der Waals surface area contributed by atoms with E-state index in [0.29, 0.717) is 39.6 Å². The normalized spacial score (nSPS) is 15.7. The number of hydrogen-bond acceptors (Lipinski definition) is 3. The molecule has 0 radical (unpaired) electrons. The van der Waals surface area contributed by atoms with E-state index in [1.54, 1.807) is 0 Å². The van der Waals surface area contributed by atoms with Gasteiger partial charge < -0.3 is 14.7 Å². The summed E-state index contributed by atoms with van der Waals surface area (Å²) in [5.74, 6) is 0. The number of fused-ring (bicyclic) bond motifs is 4. The van der Waals surface area contributed by atoms with Crippen molar-refractivity contribution in [2.75, 3.05) is 14.7 Å². The molecular weight excluding hydrogens is 846 g/mol. The summed E-state index contributed by atoms with van der Waals surface area (Å²) in [5.41, 5.74) is 10.7. The zero-order valence-corrected chi connectivity index (χ0v) is 45.2. The Hall–Kier alpha value is -6.00. The topological polar surface area (TPSA) is 9.72 Å². The molecule has 70 heavy (non-hydrogen) atoms. The average molecular weight is 932 g/mol. The molecule has 0 unspecified atom stereocenters. The Kier molecular flexibility index (Phi) is 9.54. The fraction of sp³-hybridized carbons (Fsp3) is 0.364. The van der Waals surface area contributed by atoms with Crippen LogP contribution in [0.15, 0.2) is 145 Å². The maximum atomic E-state index is 10.0. The molecule has 0 aromatic heterocycles. The van der Waals surface area contributed by atoms with Gasteiger partial charge in [0.1, 0.15) is 0 Å². The molecule has 0 N–H and O–H groups in total. The van der Waals surface area contributed by atoms with E-state index in [1.807, 2.05) is 51.3 Å². The largest absolute Gasteiger partial charge is 0.311 e. The van der Waals surface area contributed by atoms with Gasteiger partial charge in [0.15, 0.2) is 0 Å². The van der Waals surface area contributed by atoms with Crippen molar-refractivity contribution < 1.29 is 11.0 Å². The van der Waals surface area contributed by atoms with Gasteiger partial charge in [-0.3, -0.25) is 0 Å². The van der Waals surface area contributed by atoms with Crippen molar-refractivity contribution in [1.82, 2.24) is 0 Å². The van der Waals surface area contributed by atoms with Gasteiger partial charge in [0, 0.05) is 45.5 Å². The molecule has 0 saturated heterocycles. The van der Waals surface area contributed by atoms with Crippen molar-refractivity contribution in [2.24, 2.45) is 0 Å². The minimum absolute atomic E-state index is 0.107. The van der Waals surface area contributed by atoms with Crippen molar-refractivity contribution in [3.63, 3.8) is 0 Å². The summed E-state index contributed by atoms with van der Waals surface area (Å²) in [5, 5.41) is 0. The van der Waals surface area contributed by atoms with Gasteiger partial charge in [0.2, 0.25) is 0 Å². The third-order valence-corrected chi connectivity index (χ3v) is 14.2. The Balaban J connectivity index is 1.53. The van der Waals surface area contributed by atoms with Gasteiger partial charge >= 0.3 is 0 Å². The van der Waals surface area contributed by atoms with Crippen LogP contribution in [0.5, 0.6) is 0 Å². The highest BCUT2D eigenvalue weighted by Gasteiger charge is 2.45. The standard InChI is InChI=1S/C66H78BN3/c1-61(2,3)43-19-29-49(30-20-43)68(50-31-21-44(22-32-50)62(4,5)6)53-41-58-60-59(42-53)70(52-35-25-46(26-36-52)64(10,11)12)57-38-28-48(66(16,17)18)40-55(57)67(60)54-39-47(65(13,14)15)27-37-56(54)69(58)51-33-23-45(24-34-51)63(7,8)9/h19-42H,1-18H3/i23D,24D,25D,26D,33D,34D,35D,36D. The zero-order chi connectivity index (χ0) is 57.6. The van der Waals surface area contributed by atoms with Crippen molar-refractivity contribution >= 4 is 74.3 Å². The molecule has 0 atom stereocenters. The monoisotopic (exact) mass is 932 g/mol. The second kappa shape index (κ2) is 16.8. The van der Waals surface area contributed by atoms with Crippen LogP contribution in [0.25, 0.3) is 0 Å². The van der Waals surface area contributed by atoms with E-state index in [0.717, 1.165) is 50.0 Å². The second-order valence-corrected chi connectivity index (χ2v) is 25.9. The first-order valence-electron chi connectivity index (χ1n) is 29.2. The van der Waals surface area contributed by atoms with E-state index in [4.69, 9.17) is 0 Å². The minimum atomic E-state index is -0.706.